The van der Waals surface area contributed by atoms with Gasteiger partial charge >= 0.3 is 5.97 Å². The summed E-state index contributed by atoms with van der Waals surface area (Å²) in [6.07, 6.45) is 2.73. The highest BCUT2D eigenvalue weighted by Gasteiger charge is 2.34. The normalized spacial score (nSPS) is 12.3. The van der Waals surface area contributed by atoms with E-state index >= 15 is 0 Å². The van der Waals surface area contributed by atoms with Crippen LogP contribution >= 0.6 is 46.3 Å². The molecule has 0 saturated carbocycles. The lowest BCUT2D eigenvalue weighted by Gasteiger charge is -2.26. The van der Waals surface area contributed by atoms with Crippen molar-refractivity contribution in [2.75, 3.05) is 4.72 Å². The number of hydrogen-bond donors (Lipinski definition) is 3. The number of nitrogens with one attached hydrogen (secondary N) is 2. The van der Waals surface area contributed by atoms with Crippen LogP contribution in [0.4, 0.5) is 5.69 Å². The largest absolute Gasteiger partial charge is 0.480 e. The summed E-state index contributed by atoms with van der Waals surface area (Å²) in [4.78, 5) is 30.3. The number of nitrogens with zero attached hydrogens (tertiary/aromatic N) is 2. The average Bonchev–Trinajstić information content (AvgIpc) is 3.43. The fourth-order valence-electron chi connectivity index (χ4n) is 4.40. The van der Waals surface area contributed by atoms with Crippen LogP contribution in [0.25, 0.3) is 10.1 Å². The van der Waals surface area contributed by atoms with Crippen molar-refractivity contribution in [3.63, 3.8) is 0 Å². The number of carboxylic acids is 1. The number of aliphatic carboxylic acids is 1. The van der Waals surface area contributed by atoms with Gasteiger partial charge in [-0.25, -0.2) is 9.78 Å². The minimum absolute atomic E-state index is 0.141. The summed E-state index contributed by atoms with van der Waals surface area (Å²) in [6.45, 7) is 0. The SMILES string of the molecule is O=C(N[C@H](C(=O)O)C(c1ccc(Cl)cc1)c1ccc(Cl)cc1)c1ccc(Cl)cc1NS(=O)(=O)c1nccc2sncc12. The maximum Gasteiger partial charge on any atom is 0.327 e. The van der Waals surface area contributed by atoms with Crippen LogP contribution in [0.3, 0.4) is 0 Å². The highest BCUT2D eigenvalue weighted by atomic mass is 35.5. The van der Waals surface area contributed by atoms with Crippen molar-refractivity contribution in [2.24, 2.45) is 0 Å². The molecule has 3 N–H and O–H groups in total. The third-order valence-corrected chi connectivity index (χ3v) is 9.14. The topological polar surface area (TPSA) is 138 Å². The first-order valence-electron chi connectivity index (χ1n) is 12.1. The summed E-state index contributed by atoms with van der Waals surface area (Å²) in [5.41, 5.74) is 0.807. The Labute approximate surface area is 259 Å². The number of anilines is 1. The Morgan fingerprint density at radius 3 is 2.05 bits per heavy atom. The van der Waals surface area contributed by atoms with E-state index in [0.717, 1.165) is 11.5 Å². The maximum atomic E-state index is 13.6. The predicted molar refractivity (Wildman–Crippen MR) is 163 cm³/mol. The van der Waals surface area contributed by atoms with Gasteiger partial charge < -0.3 is 10.4 Å². The minimum Gasteiger partial charge on any atom is -0.480 e. The number of amides is 1. The molecule has 0 bridgehead atoms. The maximum absolute atomic E-state index is 13.6. The lowest BCUT2D eigenvalue weighted by Crippen LogP contribution is -2.45. The van der Waals surface area contributed by atoms with Crippen molar-refractivity contribution in [3.8, 4) is 0 Å². The van der Waals surface area contributed by atoms with Crippen molar-refractivity contribution in [2.45, 2.75) is 17.0 Å². The molecule has 0 aliphatic carbocycles. The van der Waals surface area contributed by atoms with Gasteiger partial charge in [0.1, 0.15) is 6.04 Å². The van der Waals surface area contributed by atoms with E-state index < -0.39 is 33.9 Å². The van der Waals surface area contributed by atoms with Gasteiger partial charge in [-0.05, 0) is 71.2 Å². The summed E-state index contributed by atoms with van der Waals surface area (Å²) < 4.78 is 33.8. The van der Waals surface area contributed by atoms with Gasteiger partial charge in [-0.15, -0.1) is 0 Å². The molecular weight excluding hydrogens is 643 g/mol. The van der Waals surface area contributed by atoms with Crippen LogP contribution in [-0.2, 0) is 14.8 Å². The van der Waals surface area contributed by atoms with Crippen LogP contribution in [0.2, 0.25) is 15.1 Å². The number of benzene rings is 3. The zero-order chi connectivity index (χ0) is 30.0. The zero-order valence-electron chi connectivity index (χ0n) is 21.2. The monoisotopic (exact) mass is 660 g/mol. The van der Waals surface area contributed by atoms with Crippen molar-refractivity contribution in [1.82, 2.24) is 14.7 Å². The van der Waals surface area contributed by atoms with Gasteiger partial charge in [-0.3, -0.25) is 9.52 Å². The van der Waals surface area contributed by atoms with Gasteiger partial charge in [-0.1, -0.05) is 59.1 Å². The van der Waals surface area contributed by atoms with E-state index in [2.05, 4.69) is 19.4 Å². The summed E-state index contributed by atoms with van der Waals surface area (Å²) in [5, 5.41) is 13.9. The first-order chi connectivity index (χ1) is 20.0. The smallest absolute Gasteiger partial charge is 0.327 e. The second kappa shape index (κ2) is 12.2. The summed E-state index contributed by atoms with van der Waals surface area (Å²) in [5.74, 6) is -3.04. The highest BCUT2D eigenvalue weighted by molar-refractivity contribution is 7.92. The fourth-order valence-corrected chi connectivity index (χ4v) is 6.74. The van der Waals surface area contributed by atoms with Gasteiger partial charge in [0.25, 0.3) is 15.9 Å². The molecule has 0 spiro atoms. The Balaban J connectivity index is 1.52. The third kappa shape index (κ3) is 6.35. The standard InChI is InChI=1S/C28H19Cl3N4O5S2/c29-17-5-1-15(2-6-17)24(16-3-7-18(30)8-4-16)25(28(37)38)34-26(36)20-10-9-19(31)13-22(20)35-42(39,40)27-21-14-33-41-23(21)11-12-32-27/h1-14,24-25,35H,(H,34,36)(H,37,38)/t25-/m0/s1. The van der Waals surface area contributed by atoms with E-state index in [0.29, 0.717) is 31.3 Å². The number of hydrogen-bond acceptors (Lipinski definition) is 7. The number of sulfonamides is 1. The van der Waals surface area contributed by atoms with Gasteiger partial charge in [0, 0.05) is 27.2 Å². The molecular formula is C28H19Cl3N4O5S2. The summed E-state index contributed by atoms with van der Waals surface area (Å²) in [6, 6.07) is 17.2. The quantitative estimate of drug-likeness (QED) is 0.165. The molecule has 1 amide bonds. The van der Waals surface area contributed by atoms with Crippen molar-refractivity contribution >= 4 is 84.0 Å². The fraction of sp³-hybridized carbons (Fsp3) is 0.0714. The Bertz CT molecular complexity index is 1850. The Kier molecular flexibility index (Phi) is 8.67. The minimum atomic E-state index is -4.31. The van der Waals surface area contributed by atoms with E-state index in [1.807, 2.05) is 0 Å². The molecule has 0 aliphatic heterocycles. The molecule has 2 heterocycles. The van der Waals surface area contributed by atoms with E-state index in [1.165, 1.54) is 30.6 Å². The second-order valence-electron chi connectivity index (χ2n) is 9.02. The molecule has 5 rings (SSSR count). The molecule has 0 radical (unpaired) electrons. The molecule has 42 heavy (non-hydrogen) atoms. The van der Waals surface area contributed by atoms with E-state index in [4.69, 9.17) is 34.8 Å². The molecule has 3 aromatic carbocycles. The highest BCUT2D eigenvalue weighted by Crippen LogP contribution is 2.32. The first kappa shape index (κ1) is 29.7. The number of carbonyl (C=O) groups excluding carboxylic acids is 1. The molecule has 14 heteroatoms. The number of halogens is 3. The number of pyridine rings is 1. The third-order valence-electron chi connectivity index (χ3n) is 6.32. The number of carboxylic acid groups (broad SMARTS) is 1. The van der Waals surface area contributed by atoms with E-state index in [1.54, 1.807) is 54.6 Å². The van der Waals surface area contributed by atoms with E-state index in [9.17, 15) is 23.1 Å². The summed E-state index contributed by atoms with van der Waals surface area (Å²) >= 11 is 19.4. The van der Waals surface area contributed by atoms with Gasteiger partial charge in [-0.2, -0.15) is 12.8 Å². The Morgan fingerprint density at radius 2 is 1.45 bits per heavy atom. The van der Waals surface area contributed by atoms with Crippen LogP contribution in [0.1, 0.15) is 27.4 Å². The molecule has 0 aliphatic rings. The molecule has 0 fully saturated rings. The van der Waals surface area contributed by atoms with Crippen LogP contribution in [-0.4, -0.2) is 40.8 Å². The van der Waals surface area contributed by atoms with Crippen LogP contribution in [0, 0.1) is 0 Å². The molecule has 9 nitrogen and oxygen atoms in total. The van der Waals surface area contributed by atoms with Crippen molar-refractivity contribution < 1.29 is 23.1 Å². The molecule has 5 aromatic rings. The van der Waals surface area contributed by atoms with Crippen LogP contribution < -0.4 is 10.0 Å². The van der Waals surface area contributed by atoms with Gasteiger partial charge in [0.05, 0.1) is 27.5 Å². The van der Waals surface area contributed by atoms with Crippen molar-refractivity contribution in [1.29, 1.82) is 0 Å². The zero-order valence-corrected chi connectivity index (χ0v) is 25.1. The van der Waals surface area contributed by atoms with Gasteiger partial charge in [0.15, 0.2) is 5.03 Å². The molecule has 2 aromatic heterocycles. The summed E-state index contributed by atoms with van der Waals surface area (Å²) in [7, 11) is -4.31. The average molecular weight is 662 g/mol. The lowest BCUT2D eigenvalue weighted by atomic mass is 9.84. The Morgan fingerprint density at radius 1 is 0.857 bits per heavy atom. The first-order valence-corrected chi connectivity index (χ1v) is 15.5. The Hall–Kier alpha value is -3.74. The van der Waals surface area contributed by atoms with Crippen molar-refractivity contribution in [3.05, 3.63) is 117 Å². The van der Waals surface area contributed by atoms with Gasteiger partial charge in [0.2, 0.25) is 0 Å². The van der Waals surface area contributed by atoms with E-state index in [-0.39, 0.29) is 21.3 Å². The molecule has 214 valence electrons. The lowest BCUT2D eigenvalue weighted by molar-refractivity contribution is -0.139. The van der Waals surface area contributed by atoms with Crippen LogP contribution in [0.5, 0.6) is 0 Å². The number of aromatic nitrogens is 2. The molecule has 0 saturated heterocycles. The number of rotatable bonds is 9. The number of carbonyl (C=O) groups is 2. The number of fused-ring (bicyclic) bond motifs is 1. The predicted octanol–water partition coefficient (Wildman–Crippen LogP) is 6.47. The van der Waals surface area contributed by atoms with Crippen LogP contribution in [0.15, 0.2) is 90.2 Å². The second-order valence-corrected chi connectivity index (χ2v) is 12.8. The molecule has 1 atom stereocenters. The molecule has 0 unspecified atom stereocenters.